The first-order chi connectivity index (χ1) is 6.77. The van der Waals surface area contributed by atoms with E-state index in [9.17, 15) is 4.79 Å². The fraction of sp³-hybridized carbons (Fsp3) is 0.100. The molecular weight excluding hydrogens is 178 g/mol. The number of benzene rings is 1. The van der Waals surface area contributed by atoms with Gasteiger partial charge in [0.05, 0.1) is 11.9 Å². The van der Waals surface area contributed by atoms with Crippen molar-refractivity contribution in [3.05, 3.63) is 41.6 Å². The maximum absolute atomic E-state index is 11.0. The van der Waals surface area contributed by atoms with Crippen LogP contribution in [-0.4, -0.2) is 5.91 Å². The van der Waals surface area contributed by atoms with Gasteiger partial charge in [-0.05, 0) is 11.6 Å². The monoisotopic (exact) mass is 187 g/mol. The maximum Gasteiger partial charge on any atom is 0.246 e. The van der Waals surface area contributed by atoms with Crippen molar-refractivity contribution < 1.29 is 4.79 Å². The lowest BCUT2D eigenvalue weighted by atomic mass is 10.0. The lowest BCUT2D eigenvalue weighted by Gasteiger charge is -2.01. The quantitative estimate of drug-likeness (QED) is 0.714. The molecule has 14 heavy (non-hydrogen) atoms. The Morgan fingerprint density at radius 3 is 2.93 bits per heavy atom. The molecule has 0 saturated heterocycles. The summed E-state index contributed by atoms with van der Waals surface area (Å²) in [6.45, 7) is 0. The van der Waals surface area contributed by atoms with Gasteiger partial charge in [-0.25, -0.2) is 0 Å². The highest BCUT2D eigenvalue weighted by Crippen LogP contribution is 2.24. The second-order valence-electron chi connectivity index (χ2n) is 3.04. The SMILES string of the molecule is NC(=O)C1=CN=Nc2ccccc2C1. The molecule has 0 aromatic heterocycles. The number of carbonyl (C=O) groups is 1. The van der Waals surface area contributed by atoms with Crippen LogP contribution < -0.4 is 5.73 Å². The molecule has 0 bridgehead atoms. The molecule has 1 aliphatic rings. The van der Waals surface area contributed by atoms with Crippen molar-refractivity contribution in [3.8, 4) is 0 Å². The van der Waals surface area contributed by atoms with Crippen molar-refractivity contribution in [2.24, 2.45) is 16.0 Å². The molecule has 0 radical (unpaired) electrons. The van der Waals surface area contributed by atoms with E-state index in [2.05, 4.69) is 10.2 Å². The second-order valence-corrected chi connectivity index (χ2v) is 3.04. The van der Waals surface area contributed by atoms with Crippen LogP contribution in [-0.2, 0) is 11.2 Å². The standard InChI is InChI=1S/C10H9N3O/c11-10(14)8-5-7-3-1-2-4-9(7)13-12-6-8/h1-4,6H,5H2,(H2,11,14). The Kier molecular flexibility index (Phi) is 2.10. The number of nitrogens with zero attached hydrogens (tertiary/aromatic N) is 2. The minimum Gasteiger partial charge on any atom is -0.366 e. The van der Waals surface area contributed by atoms with Crippen molar-refractivity contribution in [2.75, 3.05) is 0 Å². The molecule has 1 heterocycles. The Morgan fingerprint density at radius 1 is 1.36 bits per heavy atom. The highest BCUT2D eigenvalue weighted by atomic mass is 16.1. The molecule has 0 unspecified atom stereocenters. The van der Waals surface area contributed by atoms with Gasteiger partial charge < -0.3 is 5.73 Å². The zero-order chi connectivity index (χ0) is 9.97. The summed E-state index contributed by atoms with van der Waals surface area (Å²) in [6.07, 6.45) is 1.92. The van der Waals surface area contributed by atoms with Gasteiger partial charge in [-0.1, -0.05) is 18.2 Å². The lowest BCUT2D eigenvalue weighted by molar-refractivity contribution is -0.114. The summed E-state index contributed by atoms with van der Waals surface area (Å²) in [5, 5.41) is 7.74. The number of primary amides is 1. The van der Waals surface area contributed by atoms with Gasteiger partial charge in [-0.2, -0.15) is 10.2 Å². The number of hydrogen-bond donors (Lipinski definition) is 1. The molecule has 0 saturated carbocycles. The van der Waals surface area contributed by atoms with E-state index in [1.807, 2.05) is 24.3 Å². The number of fused-ring (bicyclic) bond motifs is 1. The average molecular weight is 187 g/mol. The molecule has 1 aromatic rings. The fourth-order valence-corrected chi connectivity index (χ4v) is 1.32. The van der Waals surface area contributed by atoms with E-state index in [1.165, 1.54) is 6.20 Å². The van der Waals surface area contributed by atoms with Gasteiger partial charge in [0, 0.05) is 12.0 Å². The van der Waals surface area contributed by atoms with Crippen LogP contribution in [0.25, 0.3) is 0 Å². The van der Waals surface area contributed by atoms with Gasteiger partial charge in [0.25, 0.3) is 0 Å². The van der Waals surface area contributed by atoms with Gasteiger partial charge in [0.2, 0.25) is 5.91 Å². The topological polar surface area (TPSA) is 67.8 Å². The van der Waals surface area contributed by atoms with E-state index >= 15 is 0 Å². The Labute approximate surface area is 81.1 Å². The third-order valence-corrected chi connectivity index (χ3v) is 2.07. The third-order valence-electron chi connectivity index (χ3n) is 2.07. The molecule has 1 aromatic carbocycles. The van der Waals surface area contributed by atoms with Gasteiger partial charge in [0.1, 0.15) is 0 Å². The molecule has 1 aliphatic heterocycles. The summed E-state index contributed by atoms with van der Waals surface area (Å²) in [4.78, 5) is 11.0. The molecule has 0 atom stereocenters. The van der Waals surface area contributed by atoms with Crippen molar-refractivity contribution >= 4 is 11.6 Å². The predicted molar refractivity (Wildman–Crippen MR) is 51.9 cm³/mol. The Balaban J connectivity index is 2.42. The van der Waals surface area contributed by atoms with Crippen LogP contribution in [0.2, 0.25) is 0 Å². The molecule has 2 N–H and O–H groups in total. The summed E-state index contributed by atoms with van der Waals surface area (Å²) >= 11 is 0. The number of amides is 1. The molecule has 0 fully saturated rings. The van der Waals surface area contributed by atoms with Crippen molar-refractivity contribution in [3.63, 3.8) is 0 Å². The van der Waals surface area contributed by atoms with Crippen LogP contribution in [0.5, 0.6) is 0 Å². The summed E-state index contributed by atoms with van der Waals surface area (Å²) in [6, 6.07) is 7.55. The summed E-state index contributed by atoms with van der Waals surface area (Å²) < 4.78 is 0. The highest BCUT2D eigenvalue weighted by molar-refractivity contribution is 5.92. The van der Waals surface area contributed by atoms with E-state index in [4.69, 9.17) is 5.73 Å². The van der Waals surface area contributed by atoms with Gasteiger partial charge >= 0.3 is 0 Å². The first-order valence-corrected chi connectivity index (χ1v) is 4.25. The maximum atomic E-state index is 11.0. The van der Waals surface area contributed by atoms with Crippen LogP contribution >= 0.6 is 0 Å². The van der Waals surface area contributed by atoms with E-state index in [-0.39, 0.29) is 0 Å². The highest BCUT2D eigenvalue weighted by Gasteiger charge is 2.11. The number of nitrogens with two attached hydrogens (primary N) is 1. The zero-order valence-corrected chi connectivity index (χ0v) is 7.47. The molecule has 4 nitrogen and oxygen atoms in total. The van der Waals surface area contributed by atoms with Crippen molar-refractivity contribution in [1.29, 1.82) is 0 Å². The molecule has 4 heteroatoms. The van der Waals surface area contributed by atoms with E-state index in [0.29, 0.717) is 12.0 Å². The number of hydrogen-bond acceptors (Lipinski definition) is 3. The summed E-state index contributed by atoms with van der Waals surface area (Å²) in [5.41, 5.74) is 7.43. The minimum atomic E-state index is -0.444. The molecule has 2 rings (SSSR count). The summed E-state index contributed by atoms with van der Waals surface area (Å²) in [5.74, 6) is -0.444. The Bertz CT molecular complexity index is 435. The van der Waals surface area contributed by atoms with Crippen LogP contribution in [0, 0.1) is 0 Å². The smallest absolute Gasteiger partial charge is 0.246 e. The third kappa shape index (κ3) is 1.54. The molecular formula is C10H9N3O. The molecule has 1 amide bonds. The first kappa shape index (κ1) is 8.62. The van der Waals surface area contributed by atoms with Gasteiger partial charge in [-0.3, -0.25) is 4.79 Å². The number of carbonyl (C=O) groups excluding carboxylic acids is 1. The number of rotatable bonds is 1. The summed E-state index contributed by atoms with van der Waals surface area (Å²) in [7, 11) is 0. The van der Waals surface area contributed by atoms with E-state index in [1.54, 1.807) is 0 Å². The van der Waals surface area contributed by atoms with Crippen LogP contribution in [0.15, 0.2) is 46.3 Å². The van der Waals surface area contributed by atoms with Crippen LogP contribution in [0.1, 0.15) is 5.56 Å². The van der Waals surface area contributed by atoms with E-state index in [0.717, 1.165) is 11.3 Å². The molecule has 0 aliphatic carbocycles. The Morgan fingerprint density at radius 2 is 2.14 bits per heavy atom. The Hall–Kier alpha value is -1.97. The van der Waals surface area contributed by atoms with Crippen LogP contribution in [0.3, 0.4) is 0 Å². The second kappa shape index (κ2) is 3.41. The van der Waals surface area contributed by atoms with Gasteiger partial charge in [0.15, 0.2) is 0 Å². The van der Waals surface area contributed by atoms with Crippen LogP contribution in [0.4, 0.5) is 5.69 Å². The first-order valence-electron chi connectivity index (χ1n) is 4.25. The zero-order valence-electron chi connectivity index (χ0n) is 7.47. The fourth-order valence-electron chi connectivity index (χ4n) is 1.32. The normalized spacial score (nSPS) is 14.1. The lowest BCUT2D eigenvalue weighted by Crippen LogP contribution is -2.15. The number of azo groups is 1. The molecule has 0 spiro atoms. The minimum absolute atomic E-state index is 0.444. The predicted octanol–water partition coefficient (Wildman–Crippen LogP) is 1.70. The largest absolute Gasteiger partial charge is 0.366 e. The van der Waals surface area contributed by atoms with Crippen molar-refractivity contribution in [2.45, 2.75) is 6.42 Å². The van der Waals surface area contributed by atoms with Crippen molar-refractivity contribution in [1.82, 2.24) is 0 Å². The van der Waals surface area contributed by atoms with Gasteiger partial charge in [-0.15, -0.1) is 0 Å². The van der Waals surface area contributed by atoms with E-state index < -0.39 is 5.91 Å². The molecule has 70 valence electrons. The average Bonchev–Trinajstić information content (AvgIpc) is 2.39.